The third kappa shape index (κ3) is 2.49. The lowest BCUT2D eigenvalue weighted by Gasteiger charge is -2.22. The van der Waals surface area contributed by atoms with Crippen molar-refractivity contribution in [1.29, 1.82) is 0 Å². The standard InChI is InChI=1S/C15H20ClN3/c1-2-19-14(9-11-5-4-8-17-10-11)18-13-7-3-6-12(16)15(13)19/h3,6-7,11,17H,2,4-5,8-10H2,1H3. The first-order valence-electron chi connectivity index (χ1n) is 7.14. The third-order valence-electron chi connectivity index (χ3n) is 3.98. The largest absolute Gasteiger partial charge is 0.327 e. The van der Waals surface area contributed by atoms with Gasteiger partial charge in [-0.15, -0.1) is 0 Å². The predicted octanol–water partition coefficient (Wildman–Crippen LogP) is 3.25. The molecule has 1 aliphatic rings. The molecule has 3 rings (SSSR count). The SMILES string of the molecule is CCn1c(CC2CCCNC2)nc2cccc(Cl)c21. The number of nitrogens with zero attached hydrogens (tertiary/aromatic N) is 2. The van der Waals surface area contributed by atoms with Crippen LogP contribution in [0, 0.1) is 5.92 Å². The molecule has 3 nitrogen and oxygen atoms in total. The van der Waals surface area contributed by atoms with Gasteiger partial charge in [-0.25, -0.2) is 4.98 Å². The molecule has 0 saturated carbocycles. The number of piperidine rings is 1. The minimum Gasteiger partial charge on any atom is -0.327 e. The van der Waals surface area contributed by atoms with Crippen LogP contribution in [0.4, 0.5) is 0 Å². The van der Waals surface area contributed by atoms with E-state index in [2.05, 4.69) is 22.9 Å². The number of aromatic nitrogens is 2. The van der Waals surface area contributed by atoms with Crippen molar-refractivity contribution in [2.45, 2.75) is 32.7 Å². The summed E-state index contributed by atoms with van der Waals surface area (Å²) in [5.74, 6) is 1.88. The van der Waals surface area contributed by atoms with Crippen LogP contribution >= 0.6 is 11.6 Å². The van der Waals surface area contributed by atoms with Gasteiger partial charge in [-0.05, 0) is 50.9 Å². The molecular formula is C15H20ClN3. The molecule has 1 saturated heterocycles. The van der Waals surface area contributed by atoms with Crippen LogP contribution in [0.2, 0.25) is 5.02 Å². The Morgan fingerprint density at radius 1 is 1.47 bits per heavy atom. The number of para-hydroxylation sites is 1. The molecule has 0 spiro atoms. The van der Waals surface area contributed by atoms with Crippen molar-refractivity contribution < 1.29 is 0 Å². The Labute approximate surface area is 119 Å². The highest BCUT2D eigenvalue weighted by Crippen LogP contribution is 2.26. The summed E-state index contributed by atoms with van der Waals surface area (Å²) in [6.45, 7) is 5.36. The fourth-order valence-corrected chi connectivity index (χ4v) is 3.31. The van der Waals surface area contributed by atoms with E-state index < -0.39 is 0 Å². The molecule has 1 aliphatic heterocycles. The smallest absolute Gasteiger partial charge is 0.110 e. The molecule has 19 heavy (non-hydrogen) atoms. The quantitative estimate of drug-likeness (QED) is 0.933. The van der Waals surface area contributed by atoms with Gasteiger partial charge in [0.25, 0.3) is 0 Å². The molecule has 1 N–H and O–H groups in total. The summed E-state index contributed by atoms with van der Waals surface area (Å²) >= 11 is 6.32. The molecular weight excluding hydrogens is 258 g/mol. The highest BCUT2D eigenvalue weighted by Gasteiger charge is 2.18. The average Bonchev–Trinajstić information content (AvgIpc) is 2.78. The number of nitrogens with one attached hydrogen (secondary N) is 1. The lowest BCUT2D eigenvalue weighted by atomic mass is 9.96. The Morgan fingerprint density at radius 3 is 3.11 bits per heavy atom. The van der Waals surface area contributed by atoms with E-state index in [1.54, 1.807) is 0 Å². The van der Waals surface area contributed by atoms with Crippen molar-refractivity contribution in [3.05, 3.63) is 29.0 Å². The lowest BCUT2D eigenvalue weighted by molar-refractivity contribution is 0.367. The summed E-state index contributed by atoms with van der Waals surface area (Å²) in [6, 6.07) is 5.98. The predicted molar refractivity (Wildman–Crippen MR) is 79.7 cm³/mol. The Morgan fingerprint density at radius 2 is 2.37 bits per heavy atom. The molecule has 102 valence electrons. The van der Waals surface area contributed by atoms with Crippen LogP contribution in [0.3, 0.4) is 0 Å². The minimum atomic E-state index is 0.703. The molecule has 0 amide bonds. The van der Waals surface area contributed by atoms with Crippen molar-refractivity contribution in [2.24, 2.45) is 5.92 Å². The molecule has 1 atom stereocenters. The van der Waals surface area contributed by atoms with Gasteiger partial charge in [0, 0.05) is 13.0 Å². The fourth-order valence-electron chi connectivity index (χ4n) is 3.04. The fraction of sp³-hybridized carbons (Fsp3) is 0.533. The van der Waals surface area contributed by atoms with Gasteiger partial charge in [0.15, 0.2) is 0 Å². The highest BCUT2D eigenvalue weighted by molar-refractivity contribution is 6.35. The minimum absolute atomic E-state index is 0.703. The van der Waals surface area contributed by atoms with Crippen molar-refractivity contribution in [3.8, 4) is 0 Å². The number of hydrogen-bond donors (Lipinski definition) is 1. The van der Waals surface area contributed by atoms with Gasteiger partial charge in [0.05, 0.1) is 16.1 Å². The molecule has 2 heterocycles. The summed E-state index contributed by atoms with van der Waals surface area (Å²) in [5, 5.41) is 4.28. The van der Waals surface area contributed by atoms with Crippen molar-refractivity contribution >= 4 is 22.6 Å². The van der Waals surface area contributed by atoms with Crippen LogP contribution in [0.25, 0.3) is 11.0 Å². The second kappa shape index (κ2) is 5.51. The summed E-state index contributed by atoms with van der Waals surface area (Å²) in [5.41, 5.74) is 2.11. The van der Waals surface area contributed by atoms with Gasteiger partial charge in [0.2, 0.25) is 0 Å². The van der Waals surface area contributed by atoms with Crippen molar-refractivity contribution in [3.63, 3.8) is 0 Å². The molecule has 1 unspecified atom stereocenters. The number of rotatable bonds is 3. The number of hydrogen-bond acceptors (Lipinski definition) is 2. The van der Waals surface area contributed by atoms with Crippen LogP contribution in [-0.4, -0.2) is 22.6 Å². The van der Waals surface area contributed by atoms with E-state index >= 15 is 0 Å². The monoisotopic (exact) mass is 277 g/mol. The van der Waals surface area contributed by atoms with Gasteiger partial charge < -0.3 is 9.88 Å². The van der Waals surface area contributed by atoms with Crippen LogP contribution in [-0.2, 0) is 13.0 Å². The van der Waals surface area contributed by atoms with E-state index in [4.69, 9.17) is 16.6 Å². The van der Waals surface area contributed by atoms with Gasteiger partial charge in [-0.1, -0.05) is 17.7 Å². The number of imidazole rings is 1. The van der Waals surface area contributed by atoms with Crippen molar-refractivity contribution in [1.82, 2.24) is 14.9 Å². The summed E-state index contributed by atoms with van der Waals surface area (Å²) in [7, 11) is 0. The summed E-state index contributed by atoms with van der Waals surface area (Å²) < 4.78 is 2.27. The second-order valence-electron chi connectivity index (χ2n) is 5.30. The Hall–Kier alpha value is -1.06. The first kappa shape index (κ1) is 12.9. The number of aryl methyl sites for hydroxylation is 1. The Kier molecular flexibility index (Phi) is 3.76. The average molecular weight is 278 g/mol. The van der Waals surface area contributed by atoms with E-state index in [-0.39, 0.29) is 0 Å². The Balaban J connectivity index is 1.96. The van der Waals surface area contributed by atoms with Crippen LogP contribution < -0.4 is 5.32 Å². The molecule has 2 aromatic rings. The molecule has 1 aromatic heterocycles. The maximum absolute atomic E-state index is 6.32. The summed E-state index contributed by atoms with van der Waals surface area (Å²) in [6.07, 6.45) is 3.62. The normalized spacial score (nSPS) is 20.0. The van der Waals surface area contributed by atoms with Crippen LogP contribution in [0.15, 0.2) is 18.2 Å². The third-order valence-corrected chi connectivity index (χ3v) is 4.29. The van der Waals surface area contributed by atoms with E-state index in [0.717, 1.165) is 42.1 Å². The highest BCUT2D eigenvalue weighted by atomic mass is 35.5. The van der Waals surface area contributed by atoms with Crippen LogP contribution in [0.1, 0.15) is 25.6 Å². The maximum atomic E-state index is 6.32. The first-order chi connectivity index (χ1) is 9.29. The zero-order valence-corrected chi connectivity index (χ0v) is 12.1. The molecule has 4 heteroatoms. The van der Waals surface area contributed by atoms with E-state index in [1.807, 2.05) is 12.1 Å². The zero-order chi connectivity index (χ0) is 13.2. The maximum Gasteiger partial charge on any atom is 0.110 e. The van der Waals surface area contributed by atoms with Gasteiger partial charge in [-0.2, -0.15) is 0 Å². The van der Waals surface area contributed by atoms with E-state index in [1.165, 1.54) is 18.7 Å². The molecule has 0 bridgehead atoms. The molecule has 0 radical (unpaired) electrons. The first-order valence-corrected chi connectivity index (χ1v) is 7.51. The number of halogens is 1. The van der Waals surface area contributed by atoms with E-state index in [9.17, 15) is 0 Å². The molecule has 1 fully saturated rings. The molecule has 0 aliphatic carbocycles. The summed E-state index contributed by atoms with van der Waals surface area (Å²) in [4.78, 5) is 4.79. The Bertz CT molecular complexity index is 570. The second-order valence-corrected chi connectivity index (χ2v) is 5.70. The van der Waals surface area contributed by atoms with Crippen LogP contribution in [0.5, 0.6) is 0 Å². The topological polar surface area (TPSA) is 29.9 Å². The number of fused-ring (bicyclic) bond motifs is 1. The van der Waals surface area contributed by atoms with Gasteiger partial charge in [-0.3, -0.25) is 0 Å². The van der Waals surface area contributed by atoms with Gasteiger partial charge >= 0.3 is 0 Å². The van der Waals surface area contributed by atoms with Crippen molar-refractivity contribution in [2.75, 3.05) is 13.1 Å². The zero-order valence-electron chi connectivity index (χ0n) is 11.3. The lowest BCUT2D eigenvalue weighted by Crippen LogP contribution is -2.31. The van der Waals surface area contributed by atoms with E-state index in [0.29, 0.717) is 5.92 Å². The van der Waals surface area contributed by atoms with Gasteiger partial charge in [0.1, 0.15) is 5.82 Å². The number of benzene rings is 1. The molecule has 1 aromatic carbocycles.